The SMILES string of the molecule is Nc1nc(N2CCC[C@@]3(CCOC3)C2)c2[nH]cnc2n1. The number of nitrogen functional groups attached to an aromatic ring is 1. The first-order valence-electron chi connectivity index (χ1n) is 7.05. The van der Waals surface area contributed by atoms with Gasteiger partial charge in [-0.3, -0.25) is 0 Å². The summed E-state index contributed by atoms with van der Waals surface area (Å²) in [4.78, 5) is 18.2. The lowest BCUT2D eigenvalue weighted by atomic mass is 9.79. The molecule has 3 N–H and O–H groups in total. The molecule has 2 aliphatic rings. The highest BCUT2D eigenvalue weighted by atomic mass is 16.5. The lowest BCUT2D eigenvalue weighted by Crippen LogP contribution is -2.44. The van der Waals surface area contributed by atoms with Crippen molar-refractivity contribution in [1.29, 1.82) is 0 Å². The second kappa shape index (κ2) is 4.31. The molecule has 2 aromatic rings. The number of ether oxygens (including phenoxy) is 1. The Kier molecular flexibility index (Phi) is 2.56. The molecule has 2 aromatic heterocycles. The van der Waals surface area contributed by atoms with Crippen molar-refractivity contribution in [3.63, 3.8) is 0 Å². The molecular formula is C13H18N6O. The van der Waals surface area contributed by atoms with E-state index in [2.05, 4.69) is 24.8 Å². The topological polar surface area (TPSA) is 92.9 Å². The van der Waals surface area contributed by atoms with E-state index in [0.29, 0.717) is 5.65 Å². The highest BCUT2D eigenvalue weighted by Crippen LogP contribution is 2.39. The number of H-pyrrole nitrogens is 1. The fourth-order valence-electron chi connectivity index (χ4n) is 3.42. The van der Waals surface area contributed by atoms with Crippen molar-refractivity contribution < 1.29 is 4.74 Å². The van der Waals surface area contributed by atoms with Crippen molar-refractivity contribution in [2.24, 2.45) is 5.41 Å². The number of nitrogens with two attached hydrogens (primary N) is 1. The summed E-state index contributed by atoms with van der Waals surface area (Å²) in [6, 6.07) is 0. The zero-order valence-corrected chi connectivity index (χ0v) is 11.3. The molecule has 0 amide bonds. The summed E-state index contributed by atoms with van der Waals surface area (Å²) in [5.74, 6) is 1.15. The summed E-state index contributed by atoms with van der Waals surface area (Å²) >= 11 is 0. The molecule has 7 nitrogen and oxygen atoms in total. The molecule has 2 saturated heterocycles. The molecule has 0 bridgehead atoms. The van der Waals surface area contributed by atoms with Crippen LogP contribution in [0.5, 0.6) is 0 Å². The Morgan fingerprint density at radius 3 is 3.15 bits per heavy atom. The predicted octanol–water partition coefficient (Wildman–Crippen LogP) is 0.942. The van der Waals surface area contributed by atoms with E-state index >= 15 is 0 Å². The van der Waals surface area contributed by atoms with Gasteiger partial charge in [0.2, 0.25) is 5.95 Å². The number of nitrogens with one attached hydrogen (secondary N) is 1. The molecule has 1 atom stereocenters. The van der Waals surface area contributed by atoms with E-state index in [1.54, 1.807) is 6.33 Å². The van der Waals surface area contributed by atoms with Crippen molar-refractivity contribution in [2.75, 3.05) is 36.9 Å². The largest absolute Gasteiger partial charge is 0.381 e. The molecule has 0 radical (unpaired) electrons. The van der Waals surface area contributed by atoms with Crippen LogP contribution in [0.1, 0.15) is 19.3 Å². The Hall–Kier alpha value is -1.89. The lowest BCUT2D eigenvalue weighted by molar-refractivity contribution is 0.139. The third-order valence-electron chi connectivity index (χ3n) is 4.43. The van der Waals surface area contributed by atoms with Crippen LogP contribution in [0.4, 0.5) is 11.8 Å². The van der Waals surface area contributed by atoms with E-state index in [1.165, 1.54) is 6.42 Å². The second-order valence-corrected chi connectivity index (χ2v) is 5.83. The van der Waals surface area contributed by atoms with Gasteiger partial charge in [-0.2, -0.15) is 9.97 Å². The number of aromatic nitrogens is 4. The molecule has 1 spiro atoms. The smallest absolute Gasteiger partial charge is 0.224 e. The van der Waals surface area contributed by atoms with Crippen LogP contribution in [0.25, 0.3) is 11.2 Å². The molecule has 0 aromatic carbocycles. The van der Waals surface area contributed by atoms with Gasteiger partial charge in [0, 0.05) is 25.1 Å². The Morgan fingerprint density at radius 2 is 2.30 bits per heavy atom. The number of anilines is 2. The van der Waals surface area contributed by atoms with Crippen molar-refractivity contribution in [1.82, 2.24) is 19.9 Å². The summed E-state index contributed by atoms with van der Waals surface area (Å²) in [7, 11) is 0. The van der Waals surface area contributed by atoms with Crippen LogP contribution in [-0.4, -0.2) is 46.2 Å². The number of piperidine rings is 1. The van der Waals surface area contributed by atoms with Crippen LogP contribution in [0.15, 0.2) is 6.33 Å². The second-order valence-electron chi connectivity index (χ2n) is 5.83. The summed E-state index contributed by atoms with van der Waals surface area (Å²) in [6.45, 7) is 3.69. The minimum Gasteiger partial charge on any atom is -0.381 e. The fourth-order valence-corrected chi connectivity index (χ4v) is 3.42. The number of rotatable bonds is 1. The average molecular weight is 274 g/mol. The number of hydrogen-bond acceptors (Lipinski definition) is 6. The number of hydrogen-bond donors (Lipinski definition) is 2. The van der Waals surface area contributed by atoms with E-state index in [4.69, 9.17) is 10.5 Å². The number of imidazole rings is 1. The molecule has 7 heteroatoms. The monoisotopic (exact) mass is 274 g/mol. The van der Waals surface area contributed by atoms with Gasteiger partial charge in [0.1, 0.15) is 5.52 Å². The quantitative estimate of drug-likeness (QED) is 0.804. The molecule has 0 saturated carbocycles. The molecule has 0 aliphatic carbocycles. The van der Waals surface area contributed by atoms with Crippen LogP contribution in [0.2, 0.25) is 0 Å². The molecule has 0 unspecified atom stereocenters. The highest BCUT2D eigenvalue weighted by molar-refractivity contribution is 5.84. The fraction of sp³-hybridized carbons (Fsp3) is 0.615. The number of fused-ring (bicyclic) bond motifs is 1. The number of nitrogens with zero attached hydrogens (tertiary/aromatic N) is 4. The molecule has 2 aliphatic heterocycles. The van der Waals surface area contributed by atoms with E-state index in [-0.39, 0.29) is 11.4 Å². The molecule has 4 rings (SSSR count). The zero-order valence-electron chi connectivity index (χ0n) is 11.3. The van der Waals surface area contributed by atoms with Crippen LogP contribution in [-0.2, 0) is 4.74 Å². The molecule has 4 heterocycles. The van der Waals surface area contributed by atoms with Crippen LogP contribution in [0, 0.1) is 5.41 Å². The van der Waals surface area contributed by atoms with Gasteiger partial charge in [0.05, 0.1) is 12.9 Å². The van der Waals surface area contributed by atoms with E-state index in [9.17, 15) is 0 Å². The Balaban J connectivity index is 1.73. The van der Waals surface area contributed by atoms with Gasteiger partial charge < -0.3 is 20.4 Å². The molecule has 20 heavy (non-hydrogen) atoms. The summed E-state index contributed by atoms with van der Waals surface area (Å²) in [5, 5.41) is 0. The molecule has 2 fully saturated rings. The third-order valence-corrected chi connectivity index (χ3v) is 4.43. The maximum absolute atomic E-state index is 5.81. The predicted molar refractivity (Wildman–Crippen MR) is 75.4 cm³/mol. The Bertz CT molecular complexity index is 633. The zero-order chi connectivity index (χ0) is 13.6. The van der Waals surface area contributed by atoms with Crippen LogP contribution < -0.4 is 10.6 Å². The standard InChI is InChI=1S/C13H18N6O/c14-12-17-10-9(15-8-16-10)11(18-12)19-4-1-2-13(6-19)3-5-20-7-13/h8H,1-7H2,(H3,14,15,16,17,18)/t13-/m1/s1. The van der Waals surface area contributed by atoms with Gasteiger partial charge in [0.25, 0.3) is 0 Å². The van der Waals surface area contributed by atoms with Gasteiger partial charge in [-0.05, 0) is 19.3 Å². The van der Waals surface area contributed by atoms with Crippen molar-refractivity contribution >= 4 is 22.9 Å². The van der Waals surface area contributed by atoms with E-state index < -0.39 is 0 Å². The molecular weight excluding hydrogens is 256 g/mol. The third kappa shape index (κ3) is 1.81. The van der Waals surface area contributed by atoms with Gasteiger partial charge in [-0.25, -0.2) is 4.98 Å². The normalized spacial score (nSPS) is 26.7. The van der Waals surface area contributed by atoms with Gasteiger partial charge in [-0.1, -0.05) is 0 Å². The average Bonchev–Trinajstić information content (AvgIpc) is 3.07. The summed E-state index contributed by atoms with van der Waals surface area (Å²) in [6.07, 6.45) is 5.16. The van der Waals surface area contributed by atoms with E-state index in [0.717, 1.165) is 50.5 Å². The maximum atomic E-state index is 5.81. The Labute approximate surface area is 116 Å². The number of aromatic amines is 1. The summed E-state index contributed by atoms with van der Waals surface area (Å²) < 4.78 is 5.61. The van der Waals surface area contributed by atoms with E-state index in [1.807, 2.05) is 0 Å². The van der Waals surface area contributed by atoms with Crippen LogP contribution >= 0.6 is 0 Å². The first-order valence-corrected chi connectivity index (χ1v) is 7.05. The summed E-state index contributed by atoms with van der Waals surface area (Å²) in [5.41, 5.74) is 7.59. The van der Waals surface area contributed by atoms with Gasteiger partial charge >= 0.3 is 0 Å². The first-order chi connectivity index (χ1) is 9.76. The highest BCUT2D eigenvalue weighted by Gasteiger charge is 2.39. The van der Waals surface area contributed by atoms with Crippen molar-refractivity contribution in [3.05, 3.63) is 6.33 Å². The van der Waals surface area contributed by atoms with Crippen molar-refractivity contribution in [3.8, 4) is 0 Å². The first kappa shape index (κ1) is 11.9. The maximum Gasteiger partial charge on any atom is 0.224 e. The van der Waals surface area contributed by atoms with Crippen LogP contribution in [0.3, 0.4) is 0 Å². The van der Waals surface area contributed by atoms with Gasteiger partial charge in [0.15, 0.2) is 11.5 Å². The minimum absolute atomic E-state index is 0.280. The van der Waals surface area contributed by atoms with Crippen molar-refractivity contribution in [2.45, 2.75) is 19.3 Å². The van der Waals surface area contributed by atoms with Gasteiger partial charge in [-0.15, -0.1) is 0 Å². The lowest BCUT2D eigenvalue weighted by Gasteiger charge is -2.40. The Morgan fingerprint density at radius 1 is 1.35 bits per heavy atom. The molecule has 106 valence electrons. The minimum atomic E-state index is 0.280.